The van der Waals surface area contributed by atoms with Crippen molar-refractivity contribution in [3.05, 3.63) is 94.3 Å². The van der Waals surface area contributed by atoms with Crippen LogP contribution in [0.5, 0.6) is 0 Å². The Morgan fingerprint density at radius 3 is 1.64 bits per heavy atom. The van der Waals surface area contributed by atoms with Gasteiger partial charge in [-0.3, -0.25) is 13.8 Å². The monoisotopic (exact) mass is 562 g/mol. The van der Waals surface area contributed by atoms with Crippen LogP contribution in [0.15, 0.2) is 71.2 Å². The van der Waals surface area contributed by atoms with Crippen LogP contribution < -0.4 is 11.5 Å². The standard InChI is InChI=1S/C14H15N3O2S.C14H15N3OS/c1-3-20(19)14-16-8-11(13(15)17-14)12(18)10-6-4-9(2)5-7-10;1-3-19-14-16-8-11(13(15)17-14)12(18)10-6-4-9(2)5-7-10/h4-8H,3H2,1-2H3,(H2,15,16,17);4-8H,3H2,1-2H3,(H2,15,16,17). The number of carbonyl (C=O) groups is 2. The molecule has 0 aliphatic heterocycles. The summed E-state index contributed by atoms with van der Waals surface area (Å²) in [4.78, 5) is 40.8. The van der Waals surface area contributed by atoms with E-state index in [4.69, 9.17) is 11.5 Å². The number of ketones is 2. The highest BCUT2D eigenvalue weighted by Gasteiger charge is 2.17. The zero-order valence-corrected chi connectivity index (χ0v) is 23.8. The highest BCUT2D eigenvalue weighted by atomic mass is 32.2. The molecule has 2 heterocycles. The number of rotatable bonds is 8. The average molecular weight is 563 g/mol. The first-order valence-electron chi connectivity index (χ1n) is 12.1. The molecule has 4 rings (SSSR count). The summed E-state index contributed by atoms with van der Waals surface area (Å²) in [6, 6.07) is 14.5. The lowest BCUT2D eigenvalue weighted by Crippen LogP contribution is -2.11. The third-order valence-electron chi connectivity index (χ3n) is 5.45. The van der Waals surface area contributed by atoms with Crippen molar-refractivity contribution in [1.29, 1.82) is 0 Å². The first-order valence-corrected chi connectivity index (χ1v) is 14.4. The molecule has 2 aromatic carbocycles. The average Bonchev–Trinajstić information content (AvgIpc) is 2.93. The molecule has 0 saturated heterocycles. The highest BCUT2D eigenvalue weighted by Crippen LogP contribution is 2.19. The third-order valence-corrected chi connectivity index (χ3v) is 7.32. The molecule has 1 atom stereocenters. The minimum atomic E-state index is -1.28. The second-order valence-corrected chi connectivity index (χ2v) is 11.2. The van der Waals surface area contributed by atoms with E-state index in [1.165, 1.54) is 24.2 Å². The molecule has 0 aliphatic rings. The van der Waals surface area contributed by atoms with Crippen molar-refractivity contribution in [2.45, 2.75) is 38.0 Å². The molecule has 4 N–H and O–H groups in total. The van der Waals surface area contributed by atoms with Crippen LogP contribution in [0.3, 0.4) is 0 Å². The first kappa shape index (κ1) is 29.6. The summed E-state index contributed by atoms with van der Waals surface area (Å²) in [7, 11) is -1.28. The predicted octanol–water partition coefficient (Wildman–Crippen LogP) is 4.44. The fourth-order valence-electron chi connectivity index (χ4n) is 3.26. The molecule has 0 radical (unpaired) electrons. The molecule has 0 saturated carbocycles. The zero-order chi connectivity index (χ0) is 28.5. The summed E-state index contributed by atoms with van der Waals surface area (Å²) in [6.45, 7) is 7.69. The largest absolute Gasteiger partial charge is 0.383 e. The van der Waals surface area contributed by atoms with Crippen molar-refractivity contribution < 1.29 is 13.8 Å². The summed E-state index contributed by atoms with van der Waals surface area (Å²) in [5, 5.41) is 0.755. The van der Waals surface area contributed by atoms with Crippen LogP contribution >= 0.6 is 11.8 Å². The van der Waals surface area contributed by atoms with Gasteiger partial charge in [-0.05, 0) is 19.6 Å². The van der Waals surface area contributed by atoms with E-state index in [0.29, 0.717) is 27.6 Å². The van der Waals surface area contributed by atoms with Crippen molar-refractivity contribution in [1.82, 2.24) is 19.9 Å². The van der Waals surface area contributed by atoms with E-state index < -0.39 is 10.8 Å². The molecule has 202 valence electrons. The van der Waals surface area contributed by atoms with Gasteiger partial charge in [-0.2, -0.15) is 0 Å². The van der Waals surface area contributed by atoms with Gasteiger partial charge in [0, 0.05) is 29.3 Å². The van der Waals surface area contributed by atoms with Crippen LogP contribution in [-0.2, 0) is 10.8 Å². The molecule has 0 fully saturated rings. The maximum Gasteiger partial charge on any atom is 0.220 e. The Morgan fingerprint density at radius 1 is 0.769 bits per heavy atom. The Hall–Kier alpha value is -3.96. The van der Waals surface area contributed by atoms with Gasteiger partial charge in [-0.1, -0.05) is 85.3 Å². The number of benzene rings is 2. The van der Waals surface area contributed by atoms with Gasteiger partial charge < -0.3 is 11.5 Å². The maximum atomic E-state index is 12.3. The number of thioether (sulfide) groups is 1. The normalized spacial score (nSPS) is 11.3. The minimum absolute atomic E-state index is 0.0578. The molecule has 1 unspecified atom stereocenters. The number of aromatic nitrogens is 4. The summed E-state index contributed by atoms with van der Waals surface area (Å²) in [6.07, 6.45) is 2.84. The molecular weight excluding hydrogens is 532 g/mol. The van der Waals surface area contributed by atoms with E-state index >= 15 is 0 Å². The predicted molar refractivity (Wildman–Crippen MR) is 155 cm³/mol. The number of nitrogen functional groups attached to an aromatic ring is 2. The lowest BCUT2D eigenvalue weighted by molar-refractivity contribution is 0.103. The molecule has 39 heavy (non-hydrogen) atoms. The molecule has 0 bridgehead atoms. The van der Waals surface area contributed by atoms with E-state index in [1.54, 1.807) is 31.2 Å². The Morgan fingerprint density at radius 2 is 1.23 bits per heavy atom. The van der Waals surface area contributed by atoms with Crippen LogP contribution in [0, 0.1) is 13.8 Å². The van der Waals surface area contributed by atoms with Gasteiger partial charge in [0.25, 0.3) is 0 Å². The van der Waals surface area contributed by atoms with Gasteiger partial charge in [0.15, 0.2) is 16.7 Å². The van der Waals surface area contributed by atoms with Gasteiger partial charge in [-0.25, -0.2) is 19.9 Å². The molecule has 4 aromatic rings. The maximum absolute atomic E-state index is 12.3. The van der Waals surface area contributed by atoms with E-state index in [2.05, 4.69) is 19.9 Å². The molecule has 11 heteroatoms. The number of anilines is 2. The van der Waals surface area contributed by atoms with E-state index in [0.717, 1.165) is 16.9 Å². The third kappa shape index (κ3) is 7.78. The zero-order valence-electron chi connectivity index (χ0n) is 22.2. The van der Waals surface area contributed by atoms with Gasteiger partial charge in [0.1, 0.15) is 11.6 Å². The summed E-state index contributed by atoms with van der Waals surface area (Å²) in [5.41, 5.74) is 15.5. The molecule has 9 nitrogen and oxygen atoms in total. The lowest BCUT2D eigenvalue weighted by Gasteiger charge is -2.05. The Bertz CT molecular complexity index is 1490. The van der Waals surface area contributed by atoms with Crippen molar-refractivity contribution >= 4 is 45.8 Å². The molecule has 0 amide bonds. The molecule has 0 aliphatic carbocycles. The van der Waals surface area contributed by atoms with E-state index in [-0.39, 0.29) is 33.9 Å². The topological polar surface area (TPSA) is 155 Å². The summed E-state index contributed by atoms with van der Waals surface area (Å²) >= 11 is 1.49. The van der Waals surface area contributed by atoms with E-state index in [1.807, 2.05) is 45.0 Å². The van der Waals surface area contributed by atoms with Crippen molar-refractivity contribution in [2.24, 2.45) is 0 Å². The van der Waals surface area contributed by atoms with Crippen LogP contribution in [-0.4, -0.2) is 47.2 Å². The number of aryl methyl sites for hydroxylation is 2. The smallest absolute Gasteiger partial charge is 0.220 e. The Kier molecular flexibility index (Phi) is 10.4. The van der Waals surface area contributed by atoms with Gasteiger partial charge in [-0.15, -0.1) is 0 Å². The second kappa shape index (κ2) is 13.7. The first-order chi connectivity index (χ1) is 18.6. The quantitative estimate of drug-likeness (QED) is 0.179. The molecule has 0 spiro atoms. The van der Waals surface area contributed by atoms with Gasteiger partial charge in [0.05, 0.1) is 21.9 Å². The van der Waals surface area contributed by atoms with Gasteiger partial charge >= 0.3 is 0 Å². The van der Waals surface area contributed by atoms with Crippen LogP contribution in [0.25, 0.3) is 0 Å². The number of hydrogen-bond acceptors (Lipinski definition) is 10. The number of hydrogen-bond donors (Lipinski definition) is 2. The fourth-order valence-corrected chi connectivity index (χ4v) is 4.44. The number of nitrogens with two attached hydrogens (primary N) is 2. The summed E-state index contributed by atoms with van der Waals surface area (Å²) in [5.74, 6) is 1.18. The lowest BCUT2D eigenvalue weighted by atomic mass is 10.0. The Labute approximate surface area is 234 Å². The van der Waals surface area contributed by atoms with Crippen LogP contribution in [0.4, 0.5) is 11.6 Å². The second-order valence-electron chi connectivity index (χ2n) is 8.36. The SMILES string of the molecule is CCS(=O)c1ncc(C(=O)c2ccc(C)cc2)c(N)n1.CCSc1ncc(C(=O)c2ccc(C)cc2)c(N)n1. The number of nitrogens with zero attached hydrogens (tertiary/aromatic N) is 4. The Balaban J connectivity index is 0.000000216. The van der Waals surface area contributed by atoms with Crippen molar-refractivity contribution in [3.63, 3.8) is 0 Å². The fraction of sp³-hybridized carbons (Fsp3) is 0.214. The number of carbonyl (C=O) groups excluding carboxylic acids is 2. The highest BCUT2D eigenvalue weighted by molar-refractivity contribution is 7.99. The summed E-state index contributed by atoms with van der Waals surface area (Å²) < 4.78 is 11.6. The van der Waals surface area contributed by atoms with Crippen molar-refractivity contribution in [2.75, 3.05) is 23.0 Å². The van der Waals surface area contributed by atoms with Crippen molar-refractivity contribution in [3.8, 4) is 0 Å². The molecular formula is C28H30N6O3S2. The van der Waals surface area contributed by atoms with Gasteiger partial charge in [0.2, 0.25) is 5.16 Å². The van der Waals surface area contributed by atoms with Crippen LogP contribution in [0.2, 0.25) is 0 Å². The molecule has 2 aromatic heterocycles. The van der Waals surface area contributed by atoms with E-state index in [9.17, 15) is 13.8 Å². The van der Waals surface area contributed by atoms with Crippen LogP contribution in [0.1, 0.15) is 56.8 Å². The minimum Gasteiger partial charge on any atom is -0.383 e.